The van der Waals surface area contributed by atoms with E-state index in [1.165, 1.54) is 0 Å². The molecule has 5 heteroatoms. The maximum Gasteiger partial charge on any atom is 0.257 e. The van der Waals surface area contributed by atoms with Gasteiger partial charge in [-0.1, -0.05) is 54.1 Å². The lowest BCUT2D eigenvalue weighted by Crippen LogP contribution is -2.31. The van der Waals surface area contributed by atoms with E-state index in [-0.39, 0.29) is 23.8 Å². The minimum Gasteiger partial charge on any atom is -0.310 e. The smallest absolute Gasteiger partial charge is 0.257 e. The predicted octanol–water partition coefficient (Wildman–Crippen LogP) is 3.53. The molecule has 130 valence electrons. The molecule has 3 aromatic rings. The summed E-state index contributed by atoms with van der Waals surface area (Å²) in [6.07, 6.45) is 0.243. The number of hydrogen-bond donors (Lipinski definition) is 2. The fourth-order valence-corrected chi connectivity index (χ4v) is 3.51. The van der Waals surface area contributed by atoms with Gasteiger partial charge in [-0.25, -0.2) is 4.98 Å². The third-order valence-electron chi connectivity index (χ3n) is 4.81. The topological polar surface area (TPSA) is 74.8 Å². The van der Waals surface area contributed by atoms with Crippen molar-refractivity contribution in [1.29, 1.82) is 0 Å². The fourth-order valence-electron chi connectivity index (χ4n) is 3.51. The number of aromatic amines is 1. The van der Waals surface area contributed by atoms with E-state index in [0.29, 0.717) is 17.2 Å². The van der Waals surface area contributed by atoms with Crippen LogP contribution in [0.3, 0.4) is 0 Å². The van der Waals surface area contributed by atoms with Gasteiger partial charge < -0.3 is 10.3 Å². The number of amides is 1. The molecule has 1 atom stereocenters. The Morgan fingerprint density at radius 1 is 1.04 bits per heavy atom. The fraction of sp³-hybridized carbons (Fsp3) is 0.190. The van der Waals surface area contributed by atoms with Crippen LogP contribution >= 0.6 is 0 Å². The molecule has 1 aliphatic heterocycles. The number of anilines is 1. The first-order valence-corrected chi connectivity index (χ1v) is 8.59. The maximum atomic E-state index is 12.9. The molecule has 1 amide bonds. The summed E-state index contributed by atoms with van der Waals surface area (Å²) < 4.78 is 0. The Bertz CT molecular complexity index is 1050. The first kappa shape index (κ1) is 16.3. The van der Waals surface area contributed by atoms with Gasteiger partial charge in [-0.2, -0.15) is 0 Å². The molecular formula is C21H19N3O2. The zero-order valence-electron chi connectivity index (χ0n) is 14.7. The number of carbonyl (C=O) groups is 1. The average Bonchev–Trinajstić information content (AvgIpc) is 2.63. The van der Waals surface area contributed by atoms with Crippen molar-refractivity contribution in [2.75, 3.05) is 5.32 Å². The van der Waals surface area contributed by atoms with E-state index in [4.69, 9.17) is 0 Å². The maximum absolute atomic E-state index is 12.9. The van der Waals surface area contributed by atoms with Gasteiger partial charge >= 0.3 is 0 Å². The van der Waals surface area contributed by atoms with Crippen LogP contribution in [0.5, 0.6) is 0 Å². The van der Waals surface area contributed by atoms with Crippen LogP contribution in [0.4, 0.5) is 5.82 Å². The van der Waals surface area contributed by atoms with E-state index < -0.39 is 0 Å². The lowest BCUT2D eigenvalue weighted by molar-refractivity contribution is -0.116. The summed E-state index contributed by atoms with van der Waals surface area (Å²) in [4.78, 5) is 32.6. The first-order chi connectivity index (χ1) is 12.5. The Morgan fingerprint density at radius 3 is 2.58 bits per heavy atom. The van der Waals surface area contributed by atoms with Crippen LogP contribution in [0.2, 0.25) is 0 Å². The molecular weight excluding hydrogens is 326 g/mol. The van der Waals surface area contributed by atoms with Crippen molar-refractivity contribution < 1.29 is 4.79 Å². The van der Waals surface area contributed by atoms with Gasteiger partial charge in [0, 0.05) is 17.9 Å². The monoisotopic (exact) mass is 345 g/mol. The van der Waals surface area contributed by atoms with Gasteiger partial charge in [0.05, 0.1) is 5.56 Å². The van der Waals surface area contributed by atoms with E-state index in [9.17, 15) is 9.59 Å². The van der Waals surface area contributed by atoms with E-state index in [2.05, 4.69) is 15.3 Å². The van der Waals surface area contributed by atoms with Crippen LogP contribution in [-0.2, 0) is 4.79 Å². The highest BCUT2D eigenvalue weighted by Gasteiger charge is 2.31. The van der Waals surface area contributed by atoms with Gasteiger partial charge in [0.25, 0.3) is 5.56 Å². The molecule has 2 N–H and O–H groups in total. The summed E-state index contributed by atoms with van der Waals surface area (Å²) in [5.74, 6) is 0.395. The number of benzene rings is 2. The number of H-pyrrole nitrogens is 1. The summed E-state index contributed by atoms with van der Waals surface area (Å²) in [5, 5.41) is 2.77. The Morgan fingerprint density at radius 2 is 1.81 bits per heavy atom. The molecule has 2 heterocycles. The molecule has 2 aromatic carbocycles. The number of nitrogens with zero attached hydrogens (tertiary/aromatic N) is 1. The van der Waals surface area contributed by atoms with Crippen LogP contribution in [-0.4, -0.2) is 15.9 Å². The molecule has 0 spiro atoms. The van der Waals surface area contributed by atoms with Crippen molar-refractivity contribution in [1.82, 2.24) is 9.97 Å². The normalized spacial score (nSPS) is 16.1. The van der Waals surface area contributed by atoms with Crippen LogP contribution in [0, 0.1) is 13.8 Å². The Labute approximate surface area is 151 Å². The SMILES string of the molecule is Cc1ccc(C)c([C@H]2CC(=O)Nc3nc(-c4ccccc4)[nH]c(=O)c32)c1. The summed E-state index contributed by atoms with van der Waals surface area (Å²) in [6.45, 7) is 4.01. The second-order valence-corrected chi connectivity index (χ2v) is 6.71. The highest BCUT2D eigenvalue weighted by atomic mass is 16.2. The third-order valence-corrected chi connectivity index (χ3v) is 4.81. The van der Waals surface area contributed by atoms with E-state index in [1.807, 2.05) is 62.4 Å². The van der Waals surface area contributed by atoms with E-state index >= 15 is 0 Å². The number of rotatable bonds is 2. The van der Waals surface area contributed by atoms with Crippen molar-refractivity contribution >= 4 is 11.7 Å². The number of aryl methyl sites for hydroxylation is 2. The molecule has 4 rings (SSSR count). The lowest BCUT2D eigenvalue weighted by atomic mass is 9.84. The zero-order chi connectivity index (χ0) is 18.3. The van der Waals surface area contributed by atoms with Crippen LogP contribution in [0.25, 0.3) is 11.4 Å². The molecule has 0 radical (unpaired) electrons. The molecule has 1 aliphatic rings. The molecule has 5 nitrogen and oxygen atoms in total. The number of carbonyl (C=O) groups excluding carboxylic acids is 1. The molecule has 0 bridgehead atoms. The largest absolute Gasteiger partial charge is 0.310 e. The quantitative estimate of drug-likeness (QED) is 0.746. The number of nitrogens with one attached hydrogen (secondary N) is 2. The van der Waals surface area contributed by atoms with E-state index in [0.717, 1.165) is 22.3 Å². The van der Waals surface area contributed by atoms with Gasteiger partial charge in [-0.15, -0.1) is 0 Å². The highest BCUT2D eigenvalue weighted by Crippen LogP contribution is 2.36. The Balaban J connectivity index is 1.90. The molecule has 26 heavy (non-hydrogen) atoms. The molecule has 1 aromatic heterocycles. The lowest BCUT2D eigenvalue weighted by Gasteiger charge is -2.26. The molecule has 0 unspecified atom stereocenters. The second-order valence-electron chi connectivity index (χ2n) is 6.71. The summed E-state index contributed by atoms with van der Waals surface area (Å²) in [6, 6.07) is 15.5. The van der Waals surface area contributed by atoms with Crippen LogP contribution < -0.4 is 10.9 Å². The molecule has 0 saturated heterocycles. The van der Waals surface area contributed by atoms with Crippen molar-refractivity contribution in [2.24, 2.45) is 0 Å². The Kier molecular flexibility index (Phi) is 3.92. The van der Waals surface area contributed by atoms with Crippen molar-refractivity contribution in [3.05, 3.63) is 81.1 Å². The van der Waals surface area contributed by atoms with Gasteiger partial charge in [-0.05, 0) is 25.0 Å². The summed E-state index contributed by atoms with van der Waals surface area (Å²) >= 11 is 0. The Hall–Kier alpha value is -3.21. The van der Waals surface area contributed by atoms with Crippen molar-refractivity contribution in [3.8, 4) is 11.4 Å². The minimum absolute atomic E-state index is 0.125. The van der Waals surface area contributed by atoms with Crippen molar-refractivity contribution in [2.45, 2.75) is 26.2 Å². The van der Waals surface area contributed by atoms with Crippen LogP contribution in [0.1, 0.15) is 34.6 Å². The van der Waals surface area contributed by atoms with E-state index in [1.54, 1.807) is 0 Å². The molecule has 0 aliphatic carbocycles. The number of fused-ring (bicyclic) bond motifs is 1. The number of aromatic nitrogens is 2. The standard InChI is InChI=1S/C21H19N3O2/c1-12-8-9-13(2)15(10-12)16-11-17(25)22-20-18(16)21(26)24-19(23-20)14-6-4-3-5-7-14/h3-10,16H,11H2,1-2H3,(H2,22,23,24,25,26)/t16-/m1/s1. The van der Waals surface area contributed by atoms with Gasteiger partial charge in [0.1, 0.15) is 11.6 Å². The summed E-state index contributed by atoms with van der Waals surface area (Å²) in [7, 11) is 0. The van der Waals surface area contributed by atoms with Crippen molar-refractivity contribution in [3.63, 3.8) is 0 Å². The van der Waals surface area contributed by atoms with Gasteiger partial charge in [0.2, 0.25) is 5.91 Å². The zero-order valence-corrected chi connectivity index (χ0v) is 14.7. The predicted molar refractivity (Wildman–Crippen MR) is 101 cm³/mol. The van der Waals surface area contributed by atoms with Crippen LogP contribution in [0.15, 0.2) is 53.3 Å². The third kappa shape index (κ3) is 2.81. The minimum atomic E-state index is -0.292. The molecule has 0 saturated carbocycles. The second kappa shape index (κ2) is 6.26. The average molecular weight is 345 g/mol. The summed E-state index contributed by atoms with van der Waals surface area (Å²) in [5.41, 5.74) is 4.28. The number of hydrogen-bond acceptors (Lipinski definition) is 3. The molecule has 0 fully saturated rings. The highest BCUT2D eigenvalue weighted by molar-refractivity contribution is 5.94. The first-order valence-electron chi connectivity index (χ1n) is 8.59. The van der Waals surface area contributed by atoms with Gasteiger partial charge in [-0.3, -0.25) is 9.59 Å². The van der Waals surface area contributed by atoms with Gasteiger partial charge in [0.15, 0.2) is 0 Å².